The van der Waals surface area contributed by atoms with Gasteiger partial charge in [-0.25, -0.2) is 4.98 Å². The second-order valence-corrected chi connectivity index (χ2v) is 3.42. The number of rotatable bonds is 2. The predicted octanol–water partition coefficient (Wildman–Crippen LogP) is 2.49. The summed E-state index contributed by atoms with van der Waals surface area (Å²) in [6.07, 6.45) is 1.31. The van der Waals surface area contributed by atoms with Crippen molar-refractivity contribution in [3.05, 3.63) is 39.5 Å². The van der Waals surface area contributed by atoms with E-state index in [-0.39, 0.29) is 23.0 Å². The molecule has 7 heteroatoms. The molecule has 0 bridgehead atoms. The number of nitro groups is 1. The molecule has 0 saturated heterocycles. The molecular formula is C9H6ClN3O3. The molecule has 1 aromatic heterocycles. The molecule has 0 unspecified atom stereocenters. The number of hydrogen-bond acceptors (Lipinski definition) is 5. The Morgan fingerprint density at radius 2 is 2.25 bits per heavy atom. The number of hydrogen-bond donors (Lipinski definition) is 1. The smallest absolute Gasteiger partial charge is 0.292 e. The van der Waals surface area contributed by atoms with Gasteiger partial charge in [0.2, 0.25) is 0 Å². The van der Waals surface area contributed by atoms with E-state index in [1.807, 2.05) is 0 Å². The highest BCUT2D eigenvalue weighted by Gasteiger charge is 2.18. The molecule has 0 atom stereocenters. The number of aromatic nitrogens is 1. The van der Waals surface area contributed by atoms with Gasteiger partial charge in [-0.2, -0.15) is 0 Å². The minimum atomic E-state index is -0.523. The van der Waals surface area contributed by atoms with Crippen LogP contribution in [0.25, 0.3) is 11.3 Å². The zero-order chi connectivity index (χ0) is 11.7. The van der Waals surface area contributed by atoms with Crippen LogP contribution >= 0.6 is 11.6 Å². The summed E-state index contributed by atoms with van der Waals surface area (Å²) < 4.78 is 5.02. The third-order valence-electron chi connectivity index (χ3n) is 1.94. The molecule has 1 heterocycles. The van der Waals surface area contributed by atoms with Crippen molar-refractivity contribution in [1.29, 1.82) is 0 Å². The minimum absolute atomic E-state index is 0.0516. The van der Waals surface area contributed by atoms with E-state index in [0.717, 1.165) is 0 Å². The van der Waals surface area contributed by atoms with Gasteiger partial charge in [0.25, 0.3) is 11.7 Å². The number of nitrogen functional groups attached to an aromatic ring is 1. The average molecular weight is 240 g/mol. The van der Waals surface area contributed by atoms with Gasteiger partial charge in [-0.3, -0.25) is 10.1 Å². The topological polar surface area (TPSA) is 95.2 Å². The fraction of sp³-hybridized carbons (Fsp3) is 0. The van der Waals surface area contributed by atoms with Crippen LogP contribution < -0.4 is 5.73 Å². The predicted molar refractivity (Wildman–Crippen MR) is 58.0 cm³/mol. The van der Waals surface area contributed by atoms with Gasteiger partial charge in [0.15, 0.2) is 5.76 Å². The summed E-state index contributed by atoms with van der Waals surface area (Å²) in [5, 5.41) is 11.2. The van der Waals surface area contributed by atoms with E-state index in [2.05, 4.69) is 4.98 Å². The van der Waals surface area contributed by atoms with Crippen LogP contribution in [0.1, 0.15) is 0 Å². The van der Waals surface area contributed by atoms with Crippen molar-refractivity contribution >= 4 is 23.3 Å². The molecule has 0 aliphatic carbocycles. The first kappa shape index (κ1) is 10.4. The number of oxazole rings is 1. The van der Waals surface area contributed by atoms with Gasteiger partial charge in [-0.15, -0.1) is 0 Å². The Hall–Kier alpha value is -2.08. The first-order valence-corrected chi connectivity index (χ1v) is 4.61. The van der Waals surface area contributed by atoms with E-state index in [1.165, 1.54) is 24.4 Å². The Morgan fingerprint density at radius 1 is 1.50 bits per heavy atom. The van der Waals surface area contributed by atoms with Crippen LogP contribution in [0.4, 0.5) is 11.7 Å². The van der Waals surface area contributed by atoms with Crippen LogP contribution in [-0.4, -0.2) is 9.91 Å². The molecule has 0 spiro atoms. The SMILES string of the molecule is Nc1ncc(-c2cc(Cl)ccc2[N+](=O)[O-])o1. The molecule has 0 saturated carbocycles. The second kappa shape index (κ2) is 3.82. The first-order chi connectivity index (χ1) is 7.58. The van der Waals surface area contributed by atoms with Crippen molar-refractivity contribution in [2.24, 2.45) is 0 Å². The zero-order valence-electron chi connectivity index (χ0n) is 7.88. The first-order valence-electron chi connectivity index (χ1n) is 4.23. The van der Waals surface area contributed by atoms with Crippen LogP contribution in [-0.2, 0) is 0 Å². The van der Waals surface area contributed by atoms with Crippen molar-refractivity contribution in [3.8, 4) is 11.3 Å². The van der Waals surface area contributed by atoms with Crippen molar-refractivity contribution in [3.63, 3.8) is 0 Å². The largest absolute Gasteiger partial charge is 0.423 e. The summed E-state index contributed by atoms with van der Waals surface area (Å²) in [5.41, 5.74) is 5.44. The fourth-order valence-corrected chi connectivity index (χ4v) is 1.45. The zero-order valence-corrected chi connectivity index (χ0v) is 8.64. The van der Waals surface area contributed by atoms with E-state index < -0.39 is 4.92 Å². The van der Waals surface area contributed by atoms with E-state index in [9.17, 15) is 10.1 Å². The number of halogens is 1. The van der Waals surface area contributed by atoms with E-state index in [1.54, 1.807) is 0 Å². The molecule has 16 heavy (non-hydrogen) atoms. The monoisotopic (exact) mass is 239 g/mol. The van der Waals surface area contributed by atoms with Crippen LogP contribution in [0.15, 0.2) is 28.8 Å². The van der Waals surface area contributed by atoms with Gasteiger partial charge in [-0.05, 0) is 12.1 Å². The summed E-state index contributed by atoms with van der Waals surface area (Å²) in [5.74, 6) is 0.215. The van der Waals surface area contributed by atoms with E-state index in [4.69, 9.17) is 21.8 Å². The molecule has 2 aromatic rings. The lowest BCUT2D eigenvalue weighted by atomic mass is 10.1. The van der Waals surface area contributed by atoms with Crippen molar-refractivity contribution in [1.82, 2.24) is 4.98 Å². The van der Waals surface area contributed by atoms with Crippen molar-refractivity contribution in [2.45, 2.75) is 0 Å². The highest BCUT2D eigenvalue weighted by Crippen LogP contribution is 2.32. The van der Waals surface area contributed by atoms with Gasteiger partial charge in [0.05, 0.1) is 16.7 Å². The molecule has 82 valence electrons. The summed E-state index contributed by atoms with van der Waals surface area (Å²) >= 11 is 5.76. The highest BCUT2D eigenvalue weighted by atomic mass is 35.5. The quantitative estimate of drug-likeness (QED) is 0.642. The lowest BCUT2D eigenvalue weighted by Crippen LogP contribution is -1.91. The van der Waals surface area contributed by atoms with Crippen molar-refractivity contribution in [2.75, 3.05) is 5.73 Å². The maximum absolute atomic E-state index is 10.8. The second-order valence-electron chi connectivity index (χ2n) is 2.98. The van der Waals surface area contributed by atoms with Gasteiger partial charge in [0.1, 0.15) is 0 Å². The lowest BCUT2D eigenvalue weighted by molar-refractivity contribution is -0.384. The summed E-state index contributed by atoms with van der Waals surface area (Å²) in [4.78, 5) is 13.9. The van der Waals surface area contributed by atoms with Crippen LogP contribution in [0.2, 0.25) is 5.02 Å². The normalized spacial score (nSPS) is 10.3. The van der Waals surface area contributed by atoms with Gasteiger partial charge in [0, 0.05) is 11.1 Å². The molecule has 6 nitrogen and oxygen atoms in total. The molecule has 0 radical (unpaired) electrons. The molecule has 0 fully saturated rings. The number of anilines is 1. The molecular weight excluding hydrogens is 234 g/mol. The molecule has 0 amide bonds. The third kappa shape index (κ3) is 1.82. The van der Waals surface area contributed by atoms with E-state index >= 15 is 0 Å². The summed E-state index contributed by atoms with van der Waals surface area (Å²) in [7, 11) is 0. The van der Waals surface area contributed by atoms with Crippen LogP contribution in [0, 0.1) is 10.1 Å². The molecule has 0 aliphatic rings. The molecule has 2 N–H and O–H groups in total. The third-order valence-corrected chi connectivity index (χ3v) is 2.18. The number of nitrogens with zero attached hydrogens (tertiary/aromatic N) is 2. The molecule has 1 aromatic carbocycles. The van der Waals surface area contributed by atoms with Crippen LogP contribution in [0.3, 0.4) is 0 Å². The number of benzene rings is 1. The van der Waals surface area contributed by atoms with Crippen LogP contribution in [0.5, 0.6) is 0 Å². The van der Waals surface area contributed by atoms with Gasteiger partial charge >= 0.3 is 0 Å². The highest BCUT2D eigenvalue weighted by molar-refractivity contribution is 6.31. The fourth-order valence-electron chi connectivity index (χ4n) is 1.28. The lowest BCUT2D eigenvalue weighted by Gasteiger charge is -1.99. The maximum atomic E-state index is 10.8. The van der Waals surface area contributed by atoms with E-state index in [0.29, 0.717) is 5.02 Å². The molecule has 2 rings (SSSR count). The number of nitro benzene ring substituents is 1. The molecule has 0 aliphatic heterocycles. The Labute approximate surface area is 94.8 Å². The summed E-state index contributed by atoms with van der Waals surface area (Å²) in [6, 6.07) is 4.11. The minimum Gasteiger partial charge on any atom is -0.423 e. The number of nitrogens with two attached hydrogens (primary N) is 1. The maximum Gasteiger partial charge on any atom is 0.292 e. The Balaban J connectivity index is 2.62. The van der Waals surface area contributed by atoms with Gasteiger partial charge < -0.3 is 10.2 Å². The average Bonchev–Trinajstić information content (AvgIpc) is 2.64. The Kier molecular flexibility index (Phi) is 2.49. The standard InChI is InChI=1S/C9H6ClN3O3/c10-5-1-2-7(13(14)15)6(3-5)8-4-12-9(11)16-8/h1-4H,(H2,11,12). The Bertz CT molecular complexity index is 553. The Morgan fingerprint density at radius 3 is 2.81 bits per heavy atom. The van der Waals surface area contributed by atoms with Crippen molar-refractivity contribution < 1.29 is 9.34 Å². The summed E-state index contributed by atoms with van der Waals surface area (Å²) in [6.45, 7) is 0. The van der Waals surface area contributed by atoms with Gasteiger partial charge in [-0.1, -0.05) is 11.6 Å².